The van der Waals surface area contributed by atoms with E-state index in [1.807, 2.05) is 20.8 Å². The Hall–Kier alpha value is -1.00. The van der Waals surface area contributed by atoms with E-state index in [4.69, 9.17) is 9.47 Å². The third-order valence-corrected chi connectivity index (χ3v) is 3.96. The molecule has 0 saturated carbocycles. The highest BCUT2D eigenvalue weighted by atomic mass is 16.7. The molecule has 0 aromatic heterocycles. The first-order valence-electron chi connectivity index (χ1n) is 9.00. The van der Waals surface area contributed by atoms with Gasteiger partial charge in [0.15, 0.2) is 5.79 Å². The van der Waals surface area contributed by atoms with Crippen molar-refractivity contribution in [1.29, 1.82) is 0 Å². The third-order valence-electron chi connectivity index (χ3n) is 3.96. The Balaban J connectivity index is 2.43. The molecule has 0 aliphatic carbocycles. The summed E-state index contributed by atoms with van der Waals surface area (Å²) in [7, 11) is 0. The number of aliphatic hydroxyl groups is 1. The van der Waals surface area contributed by atoms with Gasteiger partial charge in [0.1, 0.15) is 6.10 Å². The number of rotatable bonds is 8. The second kappa shape index (κ2) is 10.7. The summed E-state index contributed by atoms with van der Waals surface area (Å²) in [6.45, 7) is 8.04. The predicted molar refractivity (Wildman–Crippen MR) is 93.7 cm³/mol. The molecule has 0 bridgehead atoms. The highest BCUT2D eigenvalue weighted by Gasteiger charge is 2.40. The van der Waals surface area contributed by atoms with Crippen LogP contribution in [0, 0.1) is 23.7 Å². The molecule has 3 atom stereocenters. The van der Waals surface area contributed by atoms with Gasteiger partial charge in [-0.1, -0.05) is 57.8 Å². The van der Waals surface area contributed by atoms with E-state index in [-0.39, 0.29) is 12.2 Å². The summed E-state index contributed by atoms with van der Waals surface area (Å²) >= 11 is 0. The van der Waals surface area contributed by atoms with E-state index in [0.29, 0.717) is 12.8 Å². The Morgan fingerprint density at radius 3 is 2.39 bits per heavy atom. The number of aliphatic hydroxyl groups excluding tert-OH is 1. The molecule has 3 heteroatoms. The Morgan fingerprint density at radius 2 is 1.70 bits per heavy atom. The Bertz CT molecular complexity index is 447. The van der Waals surface area contributed by atoms with Crippen LogP contribution in [0.3, 0.4) is 0 Å². The molecule has 23 heavy (non-hydrogen) atoms. The SMILES string of the molecule is CCCCCCCC1OC(C)(C)OC1CC#CC#CC(O)CC. The first kappa shape index (κ1) is 20.0. The van der Waals surface area contributed by atoms with E-state index in [9.17, 15) is 5.11 Å². The van der Waals surface area contributed by atoms with Gasteiger partial charge in [0.2, 0.25) is 0 Å². The van der Waals surface area contributed by atoms with Crippen molar-refractivity contribution >= 4 is 0 Å². The number of hydrogen-bond acceptors (Lipinski definition) is 3. The zero-order valence-electron chi connectivity index (χ0n) is 15.2. The molecule has 0 aromatic rings. The molecule has 0 aromatic carbocycles. The monoisotopic (exact) mass is 320 g/mol. The lowest BCUT2D eigenvalue weighted by Gasteiger charge is -2.16. The van der Waals surface area contributed by atoms with Gasteiger partial charge in [-0.05, 0) is 38.5 Å². The van der Waals surface area contributed by atoms with E-state index in [0.717, 1.165) is 6.42 Å². The van der Waals surface area contributed by atoms with Crippen molar-refractivity contribution in [1.82, 2.24) is 0 Å². The van der Waals surface area contributed by atoms with Crippen molar-refractivity contribution in [3.05, 3.63) is 0 Å². The maximum absolute atomic E-state index is 9.35. The first-order chi connectivity index (χ1) is 11.0. The molecule has 1 rings (SSSR count). The summed E-state index contributed by atoms with van der Waals surface area (Å²) in [4.78, 5) is 0. The second-order valence-electron chi connectivity index (χ2n) is 6.61. The van der Waals surface area contributed by atoms with Crippen LogP contribution in [0.2, 0.25) is 0 Å². The highest BCUT2D eigenvalue weighted by molar-refractivity contribution is 5.27. The average molecular weight is 320 g/mol. The van der Waals surface area contributed by atoms with Crippen LogP contribution >= 0.6 is 0 Å². The van der Waals surface area contributed by atoms with E-state index >= 15 is 0 Å². The highest BCUT2D eigenvalue weighted by Crippen LogP contribution is 2.32. The molecule has 1 N–H and O–H groups in total. The first-order valence-corrected chi connectivity index (χ1v) is 9.00. The van der Waals surface area contributed by atoms with Gasteiger partial charge in [-0.25, -0.2) is 0 Å². The maximum Gasteiger partial charge on any atom is 0.163 e. The van der Waals surface area contributed by atoms with Crippen molar-refractivity contribution in [3.8, 4) is 23.7 Å². The molecule has 130 valence electrons. The van der Waals surface area contributed by atoms with Crippen LogP contribution in [0.25, 0.3) is 0 Å². The largest absolute Gasteiger partial charge is 0.380 e. The van der Waals surface area contributed by atoms with Crippen molar-refractivity contribution in [2.24, 2.45) is 0 Å². The van der Waals surface area contributed by atoms with E-state index in [1.54, 1.807) is 0 Å². The van der Waals surface area contributed by atoms with Crippen LogP contribution in [0.4, 0.5) is 0 Å². The van der Waals surface area contributed by atoms with Crippen LogP contribution in [0.15, 0.2) is 0 Å². The van der Waals surface area contributed by atoms with Crippen LogP contribution in [0.1, 0.15) is 79.1 Å². The van der Waals surface area contributed by atoms with Crippen molar-refractivity contribution in [3.63, 3.8) is 0 Å². The Labute approximate surface area is 142 Å². The van der Waals surface area contributed by atoms with Gasteiger partial charge in [-0.3, -0.25) is 0 Å². The molecule has 3 nitrogen and oxygen atoms in total. The Kier molecular flexibility index (Phi) is 9.34. The quantitative estimate of drug-likeness (QED) is 0.542. The van der Waals surface area contributed by atoms with Crippen molar-refractivity contribution in [2.45, 2.75) is 103 Å². The minimum atomic E-state index is -0.579. The average Bonchev–Trinajstić information content (AvgIpc) is 2.80. The van der Waals surface area contributed by atoms with Gasteiger partial charge in [0.05, 0.1) is 12.2 Å². The fourth-order valence-electron chi connectivity index (χ4n) is 2.69. The van der Waals surface area contributed by atoms with E-state index in [2.05, 4.69) is 30.6 Å². The fourth-order valence-corrected chi connectivity index (χ4v) is 2.69. The lowest BCUT2D eigenvalue weighted by atomic mass is 10.0. The van der Waals surface area contributed by atoms with E-state index < -0.39 is 11.9 Å². The number of ether oxygens (including phenoxy) is 2. The maximum atomic E-state index is 9.35. The smallest absolute Gasteiger partial charge is 0.163 e. The molecule has 1 aliphatic rings. The molecule has 3 unspecified atom stereocenters. The van der Waals surface area contributed by atoms with Gasteiger partial charge in [-0.2, -0.15) is 0 Å². The number of unbranched alkanes of at least 4 members (excludes halogenated alkanes) is 4. The van der Waals surface area contributed by atoms with Crippen molar-refractivity contribution in [2.75, 3.05) is 0 Å². The van der Waals surface area contributed by atoms with Crippen LogP contribution < -0.4 is 0 Å². The molecule has 0 radical (unpaired) electrons. The third kappa shape index (κ3) is 8.42. The molecular formula is C20H32O3. The number of hydrogen-bond donors (Lipinski definition) is 1. The zero-order valence-corrected chi connectivity index (χ0v) is 15.2. The minimum absolute atomic E-state index is 0.0153. The van der Waals surface area contributed by atoms with Gasteiger partial charge in [-0.15, -0.1) is 0 Å². The van der Waals surface area contributed by atoms with Gasteiger partial charge in [0.25, 0.3) is 0 Å². The topological polar surface area (TPSA) is 38.7 Å². The van der Waals surface area contributed by atoms with Crippen LogP contribution in [-0.2, 0) is 9.47 Å². The molecule has 0 spiro atoms. The summed E-state index contributed by atoms with van der Waals surface area (Å²) in [6, 6.07) is 0. The Morgan fingerprint density at radius 1 is 1.00 bits per heavy atom. The normalized spacial score (nSPS) is 23.5. The lowest BCUT2D eigenvalue weighted by molar-refractivity contribution is -0.146. The summed E-state index contributed by atoms with van der Waals surface area (Å²) < 4.78 is 12.0. The summed E-state index contributed by atoms with van der Waals surface area (Å²) in [5.74, 6) is 10.7. The molecule has 1 saturated heterocycles. The lowest BCUT2D eigenvalue weighted by Crippen LogP contribution is -2.21. The fraction of sp³-hybridized carbons (Fsp3) is 0.800. The molecule has 1 aliphatic heterocycles. The predicted octanol–water partition coefficient (Wildman–Crippen LogP) is 4.03. The van der Waals surface area contributed by atoms with Crippen LogP contribution in [0.5, 0.6) is 0 Å². The molecular weight excluding hydrogens is 288 g/mol. The molecule has 1 heterocycles. The van der Waals surface area contributed by atoms with Gasteiger partial charge < -0.3 is 14.6 Å². The van der Waals surface area contributed by atoms with Gasteiger partial charge in [0, 0.05) is 6.42 Å². The second-order valence-corrected chi connectivity index (χ2v) is 6.61. The summed E-state index contributed by atoms with van der Waals surface area (Å²) in [5, 5.41) is 9.35. The van der Waals surface area contributed by atoms with Crippen LogP contribution in [-0.4, -0.2) is 29.2 Å². The zero-order chi connectivity index (χ0) is 17.1. The van der Waals surface area contributed by atoms with Gasteiger partial charge >= 0.3 is 0 Å². The molecule has 0 amide bonds. The molecule has 1 fully saturated rings. The standard InChI is InChI=1S/C20H32O3/c1-5-7-8-9-12-15-18-19(23-20(3,4)22-18)16-13-10-11-14-17(21)6-2/h17-19,21H,5-9,12,15-16H2,1-4H3. The minimum Gasteiger partial charge on any atom is -0.380 e. The summed E-state index contributed by atoms with van der Waals surface area (Å²) in [5.41, 5.74) is 0. The van der Waals surface area contributed by atoms with E-state index in [1.165, 1.54) is 32.1 Å². The summed E-state index contributed by atoms with van der Waals surface area (Å²) in [6.07, 6.45) is 8.15. The van der Waals surface area contributed by atoms with Crippen molar-refractivity contribution < 1.29 is 14.6 Å².